The van der Waals surface area contributed by atoms with Crippen molar-refractivity contribution < 1.29 is 9.90 Å². The number of nitrogens with one attached hydrogen (secondary N) is 1. The van der Waals surface area contributed by atoms with Crippen molar-refractivity contribution >= 4 is 11.9 Å². The molecule has 18 heavy (non-hydrogen) atoms. The maximum atomic E-state index is 11.4. The first-order valence-corrected chi connectivity index (χ1v) is 6.46. The molecule has 1 aliphatic heterocycles. The van der Waals surface area contributed by atoms with Crippen molar-refractivity contribution in [2.45, 2.75) is 25.9 Å². The molecule has 1 rings (SSSR count). The van der Waals surface area contributed by atoms with Crippen LogP contribution in [0.2, 0.25) is 0 Å². The van der Waals surface area contributed by atoms with Gasteiger partial charge in [-0.25, -0.2) is 0 Å². The number of carbonyl (C=O) groups is 1. The Bertz CT molecular complexity index is 304. The van der Waals surface area contributed by atoms with Crippen LogP contribution in [0.4, 0.5) is 0 Å². The first-order valence-electron chi connectivity index (χ1n) is 6.46. The molecule has 1 fully saturated rings. The van der Waals surface area contributed by atoms with E-state index in [0.717, 1.165) is 25.5 Å². The molecule has 0 radical (unpaired) electrons. The Balaban J connectivity index is 2.48. The number of hydrogen-bond acceptors (Lipinski definition) is 3. The topological polar surface area (TPSA) is 68.2 Å². The third-order valence-corrected chi connectivity index (χ3v) is 2.88. The minimum atomic E-state index is -0.266. The van der Waals surface area contributed by atoms with Crippen LogP contribution >= 0.6 is 0 Å². The van der Waals surface area contributed by atoms with Gasteiger partial charge in [0.25, 0.3) is 0 Å². The summed E-state index contributed by atoms with van der Waals surface area (Å²) in [5, 5.41) is 12.7. The van der Waals surface area contributed by atoms with Crippen molar-refractivity contribution in [2.24, 2.45) is 4.99 Å². The Morgan fingerprint density at radius 1 is 1.56 bits per heavy atom. The second-order valence-electron chi connectivity index (χ2n) is 4.66. The van der Waals surface area contributed by atoms with Gasteiger partial charge in [0.15, 0.2) is 5.96 Å². The molecule has 0 bridgehead atoms. The van der Waals surface area contributed by atoms with E-state index < -0.39 is 0 Å². The number of aliphatic hydroxyl groups excluding tert-OH is 1. The molecule has 0 aromatic heterocycles. The first-order chi connectivity index (χ1) is 8.54. The predicted octanol–water partition coefficient (Wildman–Crippen LogP) is -0.503. The van der Waals surface area contributed by atoms with E-state index in [-0.39, 0.29) is 12.0 Å². The van der Waals surface area contributed by atoms with Gasteiger partial charge in [-0.15, -0.1) is 0 Å². The maximum Gasteiger partial charge on any atom is 0.223 e. The zero-order valence-electron chi connectivity index (χ0n) is 11.5. The largest absolute Gasteiger partial charge is 0.391 e. The summed E-state index contributed by atoms with van der Waals surface area (Å²) in [6.45, 7) is 4.70. The Hall–Kier alpha value is -1.30. The predicted molar refractivity (Wildman–Crippen MR) is 71.5 cm³/mol. The van der Waals surface area contributed by atoms with E-state index in [1.807, 2.05) is 11.8 Å². The lowest BCUT2D eigenvalue weighted by molar-refractivity contribution is -0.128. The molecule has 0 spiro atoms. The SMILES string of the molecule is CCNC(=NCCC(=O)N(C)C)N1CC[C@@H](O)C1. The molecule has 1 amide bonds. The van der Waals surface area contributed by atoms with Gasteiger partial charge in [-0.3, -0.25) is 9.79 Å². The minimum absolute atomic E-state index is 0.0797. The Morgan fingerprint density at radius 2 is 2.28 bits per heavy atom. The number of amides is 1. The third-order valence-electron chi connectivity index (χ3n) is 2.88. The van der Waals surface area contributed by atoms with E-state index >= 15 is 0 Å². The average molecular weight is 256 g/mol. The number of aliphatic imine (C=N–C) groups is 1. The van der Waals surface area contributed by atoms with E-state index in [4.69, 9.17) is 0 Å². The summed E-state index contributed by atoms with van der Waals surface area (Å²) in [5.74, 6) is 0.872. The highest BCUT2D eigenvalue weighted by atomic mass is 16.3. The number of rotatable bonds is 4. The zero-order chi connectivity index (χ0) is 13.5. The van der Waals surface area contributed by atoms with Gasteiger partial charge in [-0.1, -0.05) is 0 Å². The number of carbonyl (C=O) groups excluding carboxylic acids is 1. The molecule has 1 saturated heterocycles. The summed E-state index contributed by atoms with van der Waals surface area (Å²) in [7, 11) is 3.49. The highest BCUT2D eigenvalue weighted by Gasteiger charge is 2.22. The molecule has 0 saturated carbocycles. The molecule has 6 nitrogen and oxygen atoms in total. The van der Waals surface area contributed by atoms with Gasteiger partial charge < -0.3 is 20.2 Å². The van der Waals surface area contributed by atoms with E-state index in [1.54, 1.807) is 19.0 Å². The van der Waals surface area contributed by atoms with Crippen LogP contribution in [0.3, 0.4) is 0 Å². The average Bonchev–Trinajstić information content (AvgIpc) is 2.74. The van der Waals surface area contributed by atoms with Crippen molar-refractivity contribution in [3.05, 3.63) is 0 Å². The van der Waals surface area contributed by atoms with Crippen LogP contribution < -0.4 is 5.32 Å². The summed E-state index contributed by atoms with van der Waals surface area (Å²) < 4.78 is 0. The van der Waals surface area contributed by atoms with Crippen molar-refractivity contribution in [2.75, 3.05) is 40.3 Å². The molecule has 1 atom stereocenters. The number of aliphatic hydroxyl groups is 1. The quantitative estimate of drug-likeness (QED) is 0.525. The molecule has 0 unspecified atom stereocenters. The standard InChI is InChI=1S/C12H24N4O2/c1-4-13-12(16-8-6-10(17)9-16)14-7-5-11(18)15(2)3/h10,17H,4-9H2,1-3H3,(H,13,14)/t10-/m1/s1. The molecule has 1 aliphatic rings. The van der Waals surface area contributed by atoms with Crippen molar-refractivity contribution in [3.8, 4) is 0 Å². The van der Waals surface area contributed by atoms with Gasteiger partial charge in [0.2, 0.25) is 5.91 Å². The Labute approximate surface area is 109 Å². The number of hydrogen-bond donors (Lipinski definition) is 2. The zero-order valence-corrected chi connectivity index (χ0v) is 11.5. The maximum absolute atomic E-state index is 11.4. The van der Waals surface area contributed by atoms with Crippen molar-refractivity contribution in [1.82, 2.24) is 15.1 Å². The molecular weight excluding hydrogens is 232 g/mol. The molecule has 2 N–H and O–H groups in total. The molecular formula is C12H24N4O2. The van der Waals surface area contributed by atoms with Crippen LogP contribution in [0.25, 0.3) is 0 Å². The Kier molecular flexibility index (Phi) is 5.91. The molecule has 0 aromatic rings. The van der Waals surface area contributed by atoms with Crippen LogP contribution in [0.5, 0.6) is 0 Å². The van der Waals surface area contributed by atoms with Crippen LogP contribution in [0.1, 0.15) is 19.8 Å². The monoisotopic (exact) mass is 256 g/mol. The van der Waals surface area contributed by atoms with E-state index in [9.17, 15) is 9.90 Å². The van der Waals surface area contributed by atoms with Gasteiger partial charge in [-0.2, -0.15) is 0 Å². The van der Waals surface area contributed by atoms with Gasteiger partial charge in [0.1, 0.15) is 0 Å². The molecule has 0 aromatic carbocycles. The van der Waals surface area contributed by atoms with Gasteiger partial charge in [0, 0.05) is 40.2 Å². The van der Waals surface area contributed by atoms with Gasteiger partial charge >= 0.3 is 0 Å². The van der Waals surface area contributed by atoms with Gasteiger partial charge in [-0.05, 0) is 13.3 Å². The summed E-state index contributed by atoms with van der Waals surface area (Å²) >= 11 is 0. The Morgan fingerprint density at radius 3 is 2.78 bits per heavy atom. The lowest BCUT2D eigenvalue weighted by Gasteiger charge is -2.21. The van der Waals surface area contributed by atoms with E-state index in [0.29, 0.717) is 19.5 Å². The summed E-state index contributed by atoms with van der Waals surface area (Å²) in [6, 6.07) is 0. The van der Waals surface area contributed by atoms with Crippen LogP contribution in [0, 0.1) is 0 Å². The van der Waals surface area contributed by atoms with Gasteiger partial charge in [0.05, 0.1) is 12.6 Å². The van der Waals surface area contributed by atoms with Crippen molar-refractivity contribution in [1.29, 1.82) is 0 Å². The molecule has 104 valence electrons. The second kappa shape index (κ2) is 7.20. The molecule has 6 heteroatoms. The fraction of sp³-hybridized carbons (Fsp3) is 0.833. The third kappa shape index (κ3) is 4.52. The minimum Gasteiger partial charge on any atom is -0.391 e. The lowest BCUT2D eigenvalue weighted by Crippen LogP contribution is -2.40. The molecule has 1 heterocycles. The van der Waals surface area contributed by atoms with Crippen LogP contribution in [0.15, 0.2) is 4.99 Å². The second-order valence-corrected chi connectivity index (χ2v) is 4.66. The normalized spacial score (nSPS) is 20.1. The summed E-state index contributed by atoms with van der Waals surface area (Å²) in [4.78, 5) is 19.5. The molecule has 0 aliphatic carbocycles. The van der Waals surface area contributed by atoms with Crippen molar-refractivity contribution in [3.63, 3.8) is 0 Å². The fourth-order valence-electron chi connectivity index (χ4n) is 1.84. The summed E-state index contributed by atoms with van der Waals surface area (Å²) in [6.07, 6.45) is 0.927. The van der Waals surface area contributed by atoms with Crippen LogP contribution in [-0.2, 0) is 4.79 Å². The van der Waals surface area contributed by atoms with Crippen LogP contribution in [-0.4, -0.2) is 73.2 Å². The summed E-state index contributed by atoms with van der Waals surface area (Å²) in [5.41, 5.74) is 0. The number of β-amino-alcohol motifs (C(OH)–C–C–N with tert-alkyl or cyclic N) is 1. The van der Waals surface area contributed by atoms with E-state index in [2.05, 4.69) is 10.3 Å². The fourth-order valence-corrected chi connectivity index (χ4v) is 1.84. The lowest BCUT2D eigenvalue weighted by atomic mass is 10.3. The van der Waals surface area contributed by atoms with E-state index in [1.165, 1.54) is 0 Å². The smallest absolute Gasteiger partial charge is 0.223 e. The highest BCUT2D eigenvalue weighted by Crippen LogP contribution is 2.08. The number of likely N-dealkylation sites (tertiary alicyclic amines) is 1. The number of nitrogens with zero attached hydrogens (tertiary/aromatic N) is 3. The number of guanidine groups is 1. The highest BCUT2D eigenvalue weighted by molar-refractivity contribution is 5.81. The first kappa shape index (κ1) is 14.8.